The summed E-state index contributed by atoms with van der Waals surface area (Å²) < 4.78 is 8.11. The van der Waals surface area contributed by atoms with Gasteiger partial charge in [-0.05, 0) is 30.7 Å². The molecular weight excluding hydrogens is 390 g/mol. The fourth-order valence-electron chi connectivity index (χ4n) is 4.28. The van der Waals surface area contributed by atoms with E-state index in [9.17, 15) is 0 Å². The molecule has 1 heterocycles. The van der Waals surface area contributed by atoms with E-state index in [1.165, 1.54) is 108 Å². The van der Waals surface area contributed by atoms with E-state index in [0.29, 0.717) is 0 Å². The lowest BCUT2D eigenvalue weighted by atomic mass is 10.0. The Hall–Kier alpha value is -1.83. The summed E-state index contributed by atoms with van der Waals surface area (Å²) in [5.41, 5.74) is 1.30. The Kier molecular flexibility index (Phi) is 15.5. The van der Waals surface area contributed by atoms with Gasteiger partial charge in [0.25, 0.3) is 0 Å². The van der Waals surface area contributed by atoms with E-state index in [4.69, 9.17) is 4.74 Å². The zero-order valence-corrected chi connectivity index (χ0v) is 20.8. The van der Waals surface area contributed by atoms with Crippen LogP contribution in [-0.2, 0) is 6.54 Å². The Balaban J connectivity index is 1.34. The maximum absolute atomic E-state index is 5.92. The Morgan fingerprint density at radius 2 is 1.03 bits per heavy atom. The van der Waals surface area contributed by atoms with Gasteiger partial charge in [-0.25, -0.2) is 4.57 Å². The molecule has 2 nitrogen and oxygen atoms in total. The number of benzene rings is 1. The van der Waals surface area contributed by atoms with Crippen molar-refractivity contribution in [3.8, 4) is 5.75 Å². The van der Waals surface area contributed by atoms with Crippen molar-refractivity contribution in [2.24, 2.45) is 0 Å². The topological polar surface area (TPSA) is 13.1 Å². The van der Waals surface area contributed by atoms with E-state index >= 15 is 0 Å². The van der Waals surface area contributed by atoms with Gasteiger partial charge >= 0.3 is 0 Å². The van der Waals surface area contributed by atoms with Gasteiger partial charge in [0.2, 0.25) is 0 Å². The summed E-state index contributed by atoms with van der Waals surface area (Å²) in [7, 11) is 0. The predicted octanol–water partition coefficient (Wildman–Crippen LogP) is 8.66. The van der Waals surface area contributed by atoms with Crippen molar-refractivity contribution < 1.29 is 9.30 Å². The van der Waals surface area contributed by atoms with Crippen LogP contribution >= 0.6 is 0 Å². The maximum Gasteiger partial charge on any atom is 0.173 e. The zero-order valence-electron chi connectivity index (χ0n) is 20.8. The first-order chi connectivity index (χ1) is 15.9. The van der Waals surface area contributed by atoms with Crippen molar-refractivity contribution >= 4 is 0 Å². The Morgan fingerprint density at radius 3 is 1.53 bits per heavy atom. The highest BCUT2D eigenvalue weighted by atomic mass is 16.5. The third-order valence-electron chi connectivity index (χ3n) is 6.33. The summed E-state index contributed by atoms with van der Waals surface area (Å²) >= 11 is 0. The summed E-state index contributed by atoms with van der Waals surface area (Å²) in [5.74, 6) is 0.993. The van der Waals surface area contributed by atoms with Gasteiger partial charge in [0.1, 0.15) is 5.75 Å². The third kappa shape index (κ3) is 13.6. The van der Waals surface area contributed by atoms with Gasteiger partial charge in [0.15, 0.2) is 18.9 Å². The number of unbranched alkanes of at least 4 members (excludes halogenated alkanes) is 15. The Morgan fingerprint density at radius 1 is 0.562 bits per heavy atom. The van der Waals surface area contributed by atoms with Gasteiger partial charge in [-0.15, -0.1) is 0 Å². The maximum atomic E-state index is 5.92. The molecule has 1 aromatic carbocycles. The molecule has 2 rings (SSSR count). The molecule has 178 valence electrons. The number of nitrogens with zero attached hydrogens (tertiary/aromatic N) is 1. The minimum Gasteiger partial charge on any atom is -0.494 e. The standard InChI is InChI=1S/C30H48NO/c1-2-3-4-5-6-7-8-9-10-11-12-13-14-15-16-20-27-32-30-23-21-29(22-24-30)28-31-25-18-17-19-26-31/h17-19,21-26H,2-16,20,27-28H2,1H3/q+1. The fraction of sp³-hybridized carbons (Fsp3) is 0.633. The first-order valence-electron chi connectivity index (χ1n) is 13.5. The molecule has 0 spiro atoms. The molecule has 0 aliphatic rings. The molecule has 0 fully saturated rings. The molecule has 2 heteroatoms. The number of hydrogen-bond acceptors (Lipinski definition) is 1. The van der Waals surface area contributed by atoms with Crippen LogP contribution in [0.25, 0.3) is 0 Å². The van der Waals surface area contributed by atoms with Crippen LogP contribution in [0, 0.1) is 0 Å². The van der Waals surface area contributed by atoms with Crippen LogP contribution in [0.2, 0.25) is 0 Å². The lowest BCUT2D eigenvalue weighted by Gasteiger charge is -2.07. The van der Waals surface area contributed by atoms with Crippen molar-refractivity contribution in [3.05, 3.63) is 60.4 Å². The first kappa shape index (κ1) is 26.4. The lowest BCUT2D eigenvalue weighted by molar-refractivity contribution is -0.688. The van der Waals surface area contributed by atoms with Gasteiger partial charge in [-0.2, -0.15) is 0 Å². The average Bonchev–Trinajstić information content (AvgIpc) is 2.83. The normalized spacial score (nSPS) is 11.0. The molecule has 0 aliphatic carbocycles. The highest BCUT2D eigenvalue weighted by Crippen LogP contribution is 2.15. The molecule has 2 aromatic rings. The van der Waals surface area contributed by atoms with Crippen LogP contribution in [0.15, 0.2) is 54.9 Å². The monoisotopic (exact) mass is 438 g/mol. The van der Waals surface area contributed by atoms with E-state index < -0.39 is 0 Å². The van der Waals surface area contributed by atoms with Gasteiger partial charge in [-0.1, -0.05) is 109 Å². The molecule has 32 heavy (non-hydrogen) atoms. The number of pyridine rings is 1. The minimum atomic E-state index is 0.839. The lowest BCUT2D eigenvalue weighted by Crippen LogP contribution is -2.32. The summed E-state index contributed by atoms with van der Waals surface area (Å²) in [6.45, 7) is 4.04. The van der Waals surface area contributed by atoms with Crippen LogP contribution in [0.4, 0.5) is 0 Å². The molecule has 0 saturated heterocycles. The van der Waals surface area contributed by atoms with Gasteiger partial charge in [0.05, 0.1) is 6.61 Å². The van der Waals surface area contributed by atoms with E-state index in [-0.39, 0.29) is 0 Å². The van der Waals surface area contributed by atoms with Crippen LogP contribution in [0.3, 0.4) is 0 Å². The predicted molar refractivity (Wildman–Crippen MR) is 137 cm³/mol. The molecule has 0 unspecified atom stereocenters. The molecule has 0 aliphatic heterocycles. The molecule has 0 atom stereocenters. The van der Waals surface area contributed by atoms with Crippen molar-refractivity contribution in [2.75, 3.05) is 6.61 Å². The number of ether oxygens (including phenoxy) is 1. The second-order valence-corrected chi connectivity index (χ2v) is 9.34. The SMILES string of the molecule is CCCCCCCCCCCCCCCCCCOc1ccc(C[n+]2ccccc2)cc1. The van der Waals surface area contributed by atoms with Crippen molar-refractivity contribution in [1.29, 1.82) is 0 Å². The molecular formula is C30H48NO+. The second-order valence-electron chi connectivity index (χ2n) is 9.34. The Labute approximate surface area is 198 Å². The molecule has 1 aromatic heterocycles. The minimum absolute atomic E-state index is 0.839. The molecule has 0 saturated carbocycles. The molecule has 0 bridgehead atoms. The van der Waals surface area contributed by atoms with Crippen LogP contribution < -0.4 is 9.30 Å². The van der Waals surface area contributed by atoms with Gasteiger partial charge in [-0.3, -0.25) is 0 Å². The molecule has 0 radical (unpaired) electrons. The van der Waals surface area contributed by atoms with Crippen molar-refractivity contribution in [2.45, 2.75) is 116 Å². The fourth-order valence-corrected chi connectivity index (χ4v) is 4.28. The summed E-state index contributed by atoms with van der Waals surface area (Å²) in [4.78, 5) is 0. The van der Waals surface area contributed by atoms with E-state index in [1.807, 2.05) is 6.07 Å². The van der Waals surface area contributed by atoms with Crippen LogP contribution in [-0.4, -0.2) is 6.61 Å². The smallest absolute Gasteiger partial charge is 0.173 e. The average molecular weight is 439 g/mol. The number of aromatic nitrogens is 1. The van der Waals surface area contributed by atoms with Crippen molar-refractivity contribution in [3.63, 3.8) is 0 Å². The van der Waals surface area contributed by atoms with E-state index in [1.54, 1.807) is 0 Å². The quantitative estimate of drug-likeness (QED) is 0.149. The molecule has 0 amide bonds. The summed E-state index contributed by atoms with van der Waals surface area (Å²) in [6, 6.07) is 14.7. The Bertz CT molecular complexity index is 652. The molecule has 0 N–H and O–H groups in total. The van der Waals surface area contributed by atoms with E-state index in [2.05, 4.69) is 60.3 Å². The zero-order chi connectivity index (χ0) is 22.5. The number of rotatable bonds is 20. The summed E-state index contributed by atoms with van der Waals surface area (Å²) in [5, 5.41) is 0. The van der Waals surface area contributed by atoms with Crippen LogP contribution in [0.5, 0.6) is 5.75 Å². The first-order valence-corrected chi connectivity index (χ1v) is 13.5. The highest BCUT2D eigenvalue weighted by Gasteiger charge is 2.02. The number of hydrogen-bond donors (Lipinski definition) is 0. The van der Waals surface area contributed by atoms with Gasteiger partial charge < -0.3 is 4.74 Å². The summed E-state index contributed by atoms with van der Waals surface area (Å²) in [6.07, 6.45) is 26.7. The second kappa shape index (κ2) is 18.7. The van der Waals surface area contributed by atoms with E-state index in [0.717, 1.165) is 18.9 Å². The van der Waals surface area contributed by atoms with Gasteiger partial charge in [0, 0.05) is 17.7 Å². The van der Waals surface area contributed by atoms with Crippen LogP contribution in [0.1, 0.15) is 115 Å². The third-order valence-corrected chi connectivity index (χ3v) is 6.33. The largest absolute Gasteiger partial charge is 0.494 e. The highest BCUT2D eigenvalue weighted by molar-refractivity contribution is 5.26. The van der Waals surface area contributed by atoms with Crippen molar-refractivity contribution in [1.82, 2.24) is 0 Å².